The van der Waals surface area contributed by atoms with Crippen LogP contribution >= 0.6 is 35.3 Å². The minimum absolute atomic E-state index is 0.0831. The molecule has 1 aliphatic heterocycles. The molecule has 3 aromatic carbocycles. The molecule has 0 N–H and O–H groups in total. The number of rotatable bonds is 12. The summed E-state index contributed by atoms with van der Waals surface area (Å²) in [6.45, 7) is 5.55. The first kappa shape index (κ1) is 36.4. The van der Waals surface area contributed by atoms with Gasteiger partial charge in [-0.3, -0.25) is 0 Å². The molecule has 1 saturated heterocycles. The Kier molecular flexibility index (Phi) is 12.7. The smallest absolute Gasteiger partial charge is 0.410 e. The van der Waals surface area contributed by atoms with E-state index in [9.17, 15) is 31.1 Å². The molecular formula is C34H37F6NO2S3. The van der Waals surface area contributed by atoms with Crippen molar-refractivity contribution in [2.45, 2.75) is 79.2 Å². The molecule has 0 aliphatic carbocycles. The number of benzene rings is 3. The zero-order valence-corrected chi connectivity index (χ0v) is 28.2. The molecule has 0 aromatic heterocycles. The third-order valence-electron chi connectivity index (χ3n) is 7.58. The second-order valence-corrected chi connectivity index (χ2v) is 15.3. The van der Waals surface area contributed by atoms with E-state index in [0.29, 0.717) is 39.0 Å². The van der Waals surface area contributed by atoms with Crippen LogP contribution in [0.5, 0.6) is 0 Å². The molecule has 1 aliphatic rings. The van der Waals surface area contributed by atoms with Crippen LogP contribution in [-0.4, -0.2) is 46.4 Å². The third kappa shape index (κ3) is 9.79. The second-order valence-electron chi connectivity index (χ2n) is 12.2. The van der Waals surface area contributed by atoms with Gasteiger partial charge in [-0.05, 0) is 57.2 Å². The Morgan fingerprint density at radius 3 is 1.59 bits per heavy atom. The molecule has 1 amide bonds. The number of hydrogen-bond donors (Lipinski definition) is 0. The SMILES string of the molecule is CC(C)(C)OC(=O)N1CCC(CSc2ccccc2C(F)F)(CSc2ccccc2C(F)F)CC1CSc1ccccc1C(F)F. The number of hydrogen-bond acceptors (Lipinski definition) is 5. The van der Waals surface area contributed by atoms with Crippen molar-refractivity contribution in [2.24, 2.45) is 5.41 Å². The maximum atomic E-state index is 13.9. The minimum atomic E-state index is -2.67. The highest BCUT2D eigenvalue weighted by molar-refractivity contribution is 8.00. The van der Waals surface area contributed by atoms with Crippen molar-refractivity contribution in [3.8, 4) is 0 Å². The van der Waals surface area contributed by atoms with Gasteiger partial charge in [-0.2, -0.15) is 0 Å². The average molecular weight is 702 g/mol. The van der Waals surface area contributed by atoms with Gasteiger partial charge in [-0.1, -0.05) is 54.6 Å². The summed E-state index contributed by atoms with van der Waals surface area (Å²) in [5, 5.41) is 0. The summed E-state index contributed by atoms with van der Waals surface area (Å²) in [6, 6.07) is 18.3. The third-order valence-corrected chi connectivity index (χ3v) is 11.7. The maximum Gasteiger partial charge on any atom is 0.410 e. The lowest BCUT2D eigenvalue weighted by Crippen LogP contribution is -2.53. The summed E-state index contributed by atoms with van der Waals surface area (Å²) < 4.78 is 88.8. The van der Waals surface area contributed by atoms with Gasteiger partial charge in [-0.25, -0.2) is 31.1 Å². The van der Waals surface area contributed by atoms with E-state index in [2.05, 4.69) is 0 Å². The summed E-state index contributed by atoms with van der Waals surface area (Å²) >= 11 is 3.80. The van der Waals surface area contributed by atoms with Crippen LogP contribution in [0.2, 0.25) is 0 Å². The van der Waals surface area contributed by atoms with Crippen LogP contribution in [0.25, 0.3) is 0 Å². The Morgan fingerprint density at radius 2 is 1.17 bits per heavy atom. The Morgan fingerprint density at radius 1 is 0.761 bits per heavy atom. The van der Waals surface area contributed by atoms with E-state index in [1.807, 2.05) is 0 Å². The van der Waals surface area contributed by atoms with E-state index >= 15 is 0 Å². The summed E-state index contributed by atoms with van der Waals surface area (Å²) in [5.74, 6) is 1.05. The number of amides is 1. The molecule has 1 heterocycles. The molecule has 1 fully saturated rings. The van der Waals surface area contributed by atoms with E-state index in [-0.39, 0.29) is 29.0 Å². The van der Waals surface area contributed by atoms with Crippen LogP contribution in [-0.2, 0) is 4.74 Å². The molecule has 1 atom stereocenters. The van der Waals surface area contributed by atoms with Gasteiger partial charge in [0.2, 0.25) is 0 Å². The quantitative estimate of drug-likeness (QED) is 0.139. The van der Waals surface area contributed by atoms with E-state index in [1.54, 1.807) is 80.3 Å². The van der Waals surface area contributed by atoms with Gasteiger partial charge in [-0.15, -0.1) is 35.3 Å². The van der Waals surface area contributed by atoms with Crippen molar-refractivity contribution in [2.75, 3.05) is 23.8 Å². The Balaban J connectivity index is 1.67. The van der Waals surface area contributed by atoms with Crippen molar-refractivity contribution in [3.63, 3.8) is 0 Å². The Labute approximate surface area is 279 Å². The zero-order chi connectivity index (χ0) is 33.5. The van der Waals surface area contributed by atoms with Crippen LogP contribution in [0.4, 0.5) is 31.1 Å². The van der Waals surface area contributed by atoms with Crippen molar-refractivity contribution < 1.29 is 35.9 Å². The van der Waals surface area contributed by atoms with Gasteiger partial charge in [0, 0.05) is 61.2 Å². The Bertz CT molecular complexity index is 1400. The summed E-state index contributed by atoms with van der Waals surface area (Å²) in [6.07, 6.45) is -7.67. The lowest BCUT2D eigenvalue weighted by atomic mass is 9.78. The Hall–Kier alpha value is -2.44. The fraction of sp³-hybridized carbons (Fsp3) is 0.441. The van der Waals surface area contributed by atoms with Gasteiger partial charge in [0.25, 0.3) is 19.3 Å². The highest BCUT2D eigenvalue weighted by atomic mass is 32.2. The zero-order valence-electron chi connectivity index (χ0n) is 25.7. The maximum absolute atomic E-state index is 13.9. The lowest BCUT2D eigenvalue weighted by molar-refractivity contribution is 0.00152. The summed E-state index contributed by atoms with van der Waals surface area (Å²) in [5.41, 5.74) is -1.61. The molecule has 12 heteroatoms. The van der Waals surface area contributed by atoms with Crippen molar-refractivity contribution in [1.29, 1.82) is 0 Å². The number of alkyl halides is 6. The molecule has 46 heavy (non-hydrogen) atoms. The second kappa shape index (κ2) is 16.1. The fourth-order valence-corrected chi connectivity index (χ4v) is 9.24. The van der Waals surface area contributed by atoms with Gasteiger partial charge < -0.3 is 9.64 Å². The van der Waals surface area contributed by atoms with Gasteiger partial charge in [0.15, 0.2) is 0 Å². The minimum Gasteiger partial charge on any atom is -0.444 e. The van der Waals surface area contributed by atoms with E-state index in [4.69, 9.17) is 4.74 Å². The van der Waals surface area contributed by atoms with Crippen molar-refractivity contribution in [3.05, 3.63) is 89.5 Å². The molecular weight excluding hydrogens is 665 g/mol. The van der Waals surface area contributed by atoms with Crippen LogP contribution in [0.3, 0.4) is 0 Å². The van der Waals surface area contributed by atoms with Crippen LogP contribution < -0.4 is 0 Å². The summed E-state index contributed by atoms with van der Waals surface area (Å²) in [4.78, 5) is 16.3. The monoisotopic (exact) mass is 701 g/mol. The summed E-state index contributed by atoms with van der Waals surface area (Å²) in [7, 11) is 0. The van der Waals surface area contributed by atoms with E-state index in [1.165, 1.54) is 53.5 Å². The fourth-order valence-electron chi connectivity index (χ4n) is 5.29. The standard InChI is InChI=1S/C34H37F6NO2S3/c1-33(2,3)43-32(42)41-17-16-34(20-45-27-14-8-5-11-24(27)30(37)38,21-46-28-15-9-6-12-25(28)31(39)40)18-22(41)19-44-26-13-7-4-10-23(26)29(35)36/h4-15,22,29-31H,16-21H2,1-3H3. The highest BCUT2D eigenvalue weighted by Gasteiger charge is 2.43. The van der Waals surface area contributed by atoms with E-state index in [0.717, 1.165) is 0 Å². The molecule has 0 radical (unpaired) electrons. The molecule has 3 nitrogen and oxygen atoms in total. The molecule has 1 unspecified atom stereocenters. The van der Waals surface area contributed by atoms with Crippen LogP contribution in [0.1, 0.15) is 69.6 Å². The van der Waals surface area contributed by atoms with Crippen LogP contribution in [0.15, 0.2) is 87.5 Å². The van der Waals surface area contributed by atoms with Crippen LogP contribution in [0, 0.1) is 5.41 Å². The largest absolute Gasteiger partial charge is 0.444 e. The number of ether oxygens (including phenoxy) is 1. The predicted molar refractivity (Wildman–Crippen MR) is 175 cm³/mol. The van der Waals surface area contributed by atoms with Crippen molar-refractivity contribution >= 4 is 41.4 Å². The number of halogens is 6. The molecule has 250 valence electrons. The number of likely N-dealkylation sites (tertiary alicyclic amines) is 1. The molecule has 0 bridgehead atoms. The highest BCUT2D eigenvalue weighted by Crippen LogP contribution is 2.47. The van der Waals surface area contributed by atoms with Gasteiger partial charge >= 0.3 is 6.09 Å². The van der Waals surface area contributed by atoms with Gasteiger partial charge in [0.05, 0.1) is 0 Å². The number of nitrogens with zero attached hydrogens (tertiary/aromatic N) is 1. The van der Waals surface area contributed by atoms with E-state index < -0.39 is 42.4 Å². The first-order chi connectivity index (χ1) is 21.8. The molecule has 3 aromatic rings. The van der Waals surface area contributed by atoms with Crippen molar-refractivity contribution in [1.82, 2.24) is 4.90 Å². The lowest BCUT2D eigenvalue weighted by Gasteiger charge is -2.47. The first-order valence-corrected chi connectivity index (χ1v) is 17.7. The van der Waals surface area contributed by atoms with Gasteiger partial charge in [0.1, 0.15) is 5.60 Å². The average Bonchev–Trinajstić information content (AvgIpc) is 3.01. The number of piperidine rings is 1. The molecule has 0 spiro atoms. The number of carbonyl (C=O) groups is 1. The molecule has 0 saturated carbocycles. The normalized spacial score (nSPS) is 16.8. The molecule has 4 rings (SSSR count). The number of thioether (sulfide) groups is 3. The predicted octanol–water partition coefficient (Wildman–Crippen LogP) is 11.6. The first-order valence-electron chi connectivity index (χ1n) is 14.8. The topological polar surface area (TPSA) is 29.5 Å². The number of carbonyl (C=O) groups excluding carboxylic acids is 1.